The summed E-state index contributed by atoms with van der Waals surface area (Å²) in [5.41, 5.74) is 0. The van der Waals surface area contributed by atoms with Crippen LogP contribution in [0.25, 0.3) is 0 Å². The summed E-state index contributed by atoms with van der Waals surface area (Å²) >= 11 is 6.79. The molecule has 1 atom stereocenters. The van der Waals surface area contributed by atoms with Gasteiger partial charge in [0, 0.05) is 12.4 Å². The average molecular weight is 268 g/mol. The Bertz CT molecular complexity index is 375. The fraction of sp³-hybridized carbons (Fsp3) is 0.556. The summed E-state index contributed by atoms with van der Waals surface area (Å²) in [5.74, 6) is 0.819. The minimum Gasteiger partial charge on any atom is -0.210 e. The molecule has 1 N–H and O–H groups in total. The molecule has 1 aromatic rings. The van der Waals surface area contributed by atoms with Crippen LogP contribution in [0.1, 0.15) is 13.3 Å². The largest absolute Gasteiger partial charge is 0.250 e. The van der Waals surface area contributed by atoms with Gasteiger partial charge < -0.3 is 0 Å². The van der Waals surface area contributed by atoms with E-state index in [0.717, 1.165) is 6.42 Å². The molecule has 86 valence electrons. The van der Waals surface area contributed by atoms with Crippen LogP contribution in [0.3, 0.4) is 0 Å². The maximum atomic E-state index is 11.7. The molecule has 0 amide bonds. The van der Waals surface area contributed by atoms with Gasteiger partial charge in [-0.2, -0.15) is 0 Å². The molecule has 3 nitrogen and oxygen atoms in total. The number of sulfonamides is 1. The normalized spacial score (nSPS) is 14.0. The summed E-state index contributed by atoms with van der Waals surface area (Å²) in [5, 5.41) is 1.75. The third kappa shape index (κ3) is 4.10. The average Bonchev–Trinajstić information content (AvgIpc) is 2.69. The summed E-state index contributed by atoms with van der Waals surface area (Å²) in [6.45, 7) is 2.41. The molecule has 0 fully saturated rings. The number of hydrogen-bond acceptors (Lipinski definition) is 3. The number of thiophene rings is 1. The molecule has 1 aromatic heterocycles. The van der Waals surface area contributed by atoms with E-state index in [-0.39, 0.29) is 5.92 Å². The molecule has 1 heterocycles. The zero-order chi connectivity index (χ0) is 11.3. The molecule has 6 heteroatoms. The van der Waals surface area contributed by atoms with E-state index in [1.807, 2.05) is 6.92 Å². The Morgan fingerprint density at radius 1 is 1.60 bits per heavy atom. The highest BCUT2D eigenvalue weighted by Crippen LogP contribution is 2.15. The van der Waals surface area contributed by atoms with E-state index >= 15 is 0 Å². The van der Waals surface area contributed by atoms with Crippen molar-refractivity contribution in [2.45, 2.75) is 17.6 Å². The van der Waals surface area contributed by atoms with Gasteiger partial charge in [-0.3, -0.25) is 0 Å². The Hall–Kier alpha value is -0.100. The van der Waals surface area contributed by atoms with Gasteiger partial charge in [0.1, 0.15) is 4.21 Å². The Labute approximate surface area is 99.5 Å². The number of rotatable bonds is 6. The molecule has 0 saturated carbocycles. The number of nitrogens with one attached hydrogen (secondary N) is 1. The van der Waals surface area contributed by atoms with Gasteiger partial charge in [0.15, 0.2) is 0 Å². The van der Waals surface area contributed by atoms with E-state index in [9.17, 15) is 8.42 Å². The summed E-state index contributed by atoms with van der Waals surface area (Å²) in [4.78, 5) is 0. The van der Waals surface area contributed by atoms with Gasteiger partial charge in [-0.15, -0.1) is 22.9 Å². The lowest BCUT2D eigenvalue weighted by molar-refractivity contribution is 0.531. The van der Waals surface area contributed by atoms with Crippen molar-refractivity contribution in [3.63, 3.8) is 0 Å². The van der Waals surface area contributed by atoms with Gasteiger partial charge in [-0.25, -0.2) is 13.1 Å². The molecular formula is C9H14ClNO2S2. The Morgan fingerprint density at radius 2 is 2.33 bits per heavy atom. The molecule has 0 aliphatic heterocycles. The van der Waals surface area contributed by atoms with Crippen molar-refractivity contribution in [1.29, 1.82) is 0 Å². The van der Waals surface area contributed by atoms with Crippen LogP contribution in [-0.2, 0) is 10.0 Å². The van der Waals surface area contributed by atoms with Crippen LogP contribution in [0.4, 0.5) is 0 Å². The van der Waals surface area contributed by atoms with Crippen LogP contribution >= 0.6 is 22.9 Å². The zero-order valence-corrected chi connectivity index (χ0v) is 10.8. The lowest BCUT2D eigenvalue weighted by Gasteiger charge is -2.10. The molecule has 0 saturated heterocycles. The minimum absolute atomic E-state index is 0.261. The first kappa shape index (κ1) is 13.0. The summed E-state index contributed by atoms with van der Waals surface area (Å²) in [6.07, 6.45) is 0.814. The second kappa shape index (κ2) is 5.84. The van der Waals surface area contributed by atoms with Gasteiger partial charge in [-0.1, -0.05) is 13.0 Å². The van der Waals surface area contributed by atoms with Gasteiger partial charge in [-0.05, 0) is 23.8 Å². The third-order valence-corrected chi connectivity index (χ3v) is 5.02. The van der Waals surface area contributed by atoms with Crippen molar-refractivity contribution < 1.29 is 8.42 Å². The zero-order valence-electron chi connectivity index (χ0n) is 8.44. The Morgan fingerprint density at radius 3 is 2.87 bits per heavy atom. The number of alkyl halides is 1. The van der Waals surface area contributed by atoms with Crippen LogP contribution in [0.15, 0.2) is 21.7 Å². The molecule has 15 heavy (non-hydrogen) atoms. The highest BCUT2D eigenvalue weighted by molar-refractivity contribution is 7.91. The van der Waals surface area contributed by atoms with Gasteiger partial charge in [0.25, 0.3) is 0 Å². The summed E-state index contributed by atoms with van der Waals surface area (Å²) in [6, 6.07) is 3.32. The van der Waals surface area contributed by atoms with E-state index in [2.05, 4.69) is 4.72 Å². The predicted molar refractivity (Wildman–Crippen MR) is 64.0 cm³/mol. The second-order valence-electron chi connectivity index (χ2n) is 3.37. The van der Waals surface area contributed by atoms with E-state index in [4.69, 9.17) is 11.6 Å². The topological polar surface area (TPSA) is 46.2 Å². The molecule has 0 radical (unpaired) electrons. The highest BCUT2D eigenvalue weighted by atomic mass is 35.5. The van der Waals surface area contributed by atoms with Crippen LogP contribution in [0, 0.1) is 5.92 Å². The van der Waals surface area contributed by atoms with Crippen molar-refractivity contribution in [3.8, 4) is 0 Å². The summed E-state index contributed by atoms with van der Waals surface area (Å²) < 4.78 is 26.3. The van der Waals surface area contributed by atoms with Gasteiger partial charge >= 0.3 is 0 Å². The molecule has 0 bridgehead atoms. The molecule has 1 rings (SSSR count). The Balaban J connectivity index is 2.52. The van der Waals surface area contributed by atoms with Crippen molar-refractivity contribution in [2.75, 3.05) is 12.4 Å². The van der Waals surface area contributed by atoms with Crippen LogP contribution in [0.5, 0.6) is 0 Å². The standard InChI is InChI=1S/C9H14ClNO2S2/c1-8(4-5-10)7-11-15(12,13)9-3-2-6-14-9/h2-3,6,8,11H,4-5,7H2,1H3. The van der Waals surface area contributed by atoms with Crippen LogP contribution < -0.4 is 4.72 Å². The molecule has 0 aliphatic carbocycles. The first-order valence-electron chi connectivity index (χ1n) is 4.65. The van der Waals surface area contributed by atoms with Crippen molar-refractivity contribution >= 4 is 33.0 Å². The van der Waals surface area contributed by atoms with Crippen LogP contribution in [0.2, 0.25) is 0 Å². The molecule has 0 aromatic carbocycles. The second-order valence-corrected chi connectivity index (χ2v) is 6.69. The highest BCUT2D eigenvalue weighted by Gasteiger charge is 2.15. The van der Waals surface area contributed by atoms with E-state index in [1.165, 1.54) is 11.3 Å². The Kier molecular flexibility index (Phi) is 5.05. The smallest absolute Gasteiger partial charge is 0.210 e. The third-order valence-electron chi connectivity index (χ3n) is 1.98. The minimum atomic E-state index is -3.30. The van der Waals surface area contributed by atoms with Crippen molar-refractivity contribution in [1.82, 2.24) is 4.72 Å². The van der Waals surface area contributed by atoms with E-state index in [1.54, 1.807) is 17.5 Å². The maximum Gasteiger partial charge on any atom is 0.250 e. The molecular weight excluding hydrogens is 254 g/mol. The van der Waals surface area contributed by atoms with Crippen molar-refractivity contribution in [2.24, 2.45) is 5.92 Å². The number of halogens is 1. The predicted octanol–water partition coefficient (Wildman–Crippen LogP) is 2.29. The number of hydrogen-bond donors (Lipinski definition) is 1. The van der Waals surface area contributed by atoms with E-state index in [0.29, 0.717) is 16.6 Å². The maximum absolute atomic E-state index is 11.7. The quantitative estimate of drug-likeness (QED) is 0.804. The van der Waals surface area contributed by atoms with Gasteiger partial charge in [0.2, 0.25) is 10.0 Å². The fourth-order valence-electron chi connectivity index (χ4n) is 1.03. The molecule has 1 unspecified atom stereocenters. The molecule has 0 aliphatic rings. The summed E-state index contributed by atoms with van der Waals surface area (Å²) in [7, 11) is -3.30. The molecule has 0 spiro atoms. The first-order valence-corrected chi connectivity index (χ1v) is 7.55. The fourth-order valence-corrected chi connectivity index (χ4v) is 3.60. The van der Waals surface area contributed by atoms with Crippen LogP contribution in [-0.4, -0.2) is 20.8 Å². The lowest BCUT2D eigenvalue weighted by Crippen LogP contribution is -2.28. The van der Waals surface area contributed by atoms with Crippen molar-refractivity contribution in [3.05, 3.63) is 17.5 Å². The SMILES string of the molecule is CC(CCCl)CNS(=O)(=O)c1cccs1. The monoisotopic (exact) mass is 267 g/mol. The first-order chi connectivity index (χ1) is 7.06. The van der Waals surface area contributed by atoms with E-state index < -0.39 is 10.0 Å². The van der Waals surface area contributed by atoms with Gasteiger partial charge in [0.05, 0.1) is 0 Å². The lowest BCUT2D eigenvalue weighted by atomic mass is 10.1.